The van der Waals surface area contributed by atoms with Crippen molar-refractivity contribution in [3.8, 4) is 0 Å². The Hall–Kier alpha value is -2.40. The number of carbonyl (C=O) groups excluding carboxylic acids is 2. The number of fused-ring (bicyclic) bond motifs is 1. The lowest BCUT2D eigenvalue weighted by Gasteiger charge is -2.12. The largest absolute Gasteiger partial charge is 0.347 e. The van der Waals surface area contributed by atoms with Gasteiger partial charge in [0.05, 0.1) is 6.54 Å². The number of amides is 2. The van der Waals surface area contributed by atoms with E-state index in [2.05, 4.69) is 16.0 Å². The van der Waals surface area contributed by atoms with Gasteiger partial charge in [-0.3, -0.25) is 9.59 Å². The molecular formula is C17H21N3O2. The standard InChI is InChI=1S/C17H21N3O2/c1-12(10-18-2)17(22)19-11-16(21)20-15-9-5-7-13-6-3-4-8-14(13)15/h3-9,12,18H,10-11H2,1-2H3,(H,19,22)(H,20,21). The maximum atomic E-state index is 12.0. The van der Waals surface area contributed by atoms with Gasteiger partial charge < -0.3 is 16.0 Å². The summed E-state index contributed by atoms with van der Waals surface area (Å²) in [7, 11) is 1.79. The lowest BCUT2D eigenvalue weighted by atomic mass is 10.1. The van der Waals surface area contributed by atoms with E-state index < -0.39 is 0 Å². The van der Waals surface area contributed by atoms with Crippen molar-refractivity contribution in [1.82, 2.24) is 10.6 Å². The average Bonchev–Trinajstić information content (AvgIpc) is 2.53. The van der Waals surface area contributed by atoms with E-state index in [0.29, 0.717) is 6.54 Å². The van der Waals surface area contributed by atoms with Crippen molar-refractivity contribution in [3.05, 3.63) is 42.5 Å². The molecule has 1 unspecified atom stereocenters. The van der Waals surface area contributed by atoms with Crippen LogP contribution in [0.4, 0.5) is 5.69 Å². The molecule has 116 valence electrons. The maximum Gasteiger partial charge on any atom is 0.243 e. The van der Waals surface area contributed by atoms with E-state index in [4.69, 9.17) is 0 Å². The van der Waals surface area contributed by atoms with E-state index in [1.807, 2.05) is 49.4 Å². The molecule has 0 aliphatic rings. The van der Waals surface area contributed by atoms with Crippen LogP contribution in [0.1, 0.15) is 6.92 Å². The zero-order valence-corrected chi connectivity index (χ0v) is 12.8. The van der Waals surface area contributed by atoms with Gasteiger partial charge in [0.1, 0.15) is 0 Å². The minimum Gasteiger partial charge on any atom is -0.347 e. The molecule has 5 nitrogen and oxygen atoms in total. The summed E-state index contributed by atoms with van der Waals surface area (Å²) in [6.45, 7) is 2.36. The third-order valence-corrected chi connectivity index (χ3v) is 3.44. The van der Waals surface area contributed by atoms with Gasteiger partial charge >= 0.3 is 0 Å². The molecule has 0 aromatic heterocycles. The molecule has 2 aromatic rings. The van der Waals surface area contributed by atoms with E-state index in [0.717, 1.165) is 16.5 Å². The topological polar surface area (TPSA) is 70.2 Å². The summed E-state index contributed by atoms with van der Waals surface area (Å²) >= 11 is 0. The molecular weight excluding hydrogens is 278 g/mol. The van der Waals surface area contributed by atoms with Gasteiger partial charge in [-0.2, -0.15) is 0 Å². The molecule has 5 heteroatoms. The van der Waals surface area contributed by atoms with Gasteiger partial charge in [0.25, 0.3) is 0 Å². The summed E-state index contributed by atoms with van der Waals surface area (Å²) in [5, 5.41) is 10.5. The molecule has 0 aliphatic carbocycles. The highest BCUT2D eigenvalue weighted by Gasteiger charge is 2.13. The fourth-order valence-corrected chi connectivity index (χ4v) is 2.27. The van der Waals surface area contributed by atoms with E-state index >= 15 is 0 Å². The average molecular weight is 299 g/mol. The summed E-state index contributed by atoms with van der Waals surface area (Å²) in [4.78, 5) is 23.8. The predicted molar refractivity (Wildman–Crippen MR) is 88.7 cm³/mol. The monoisotopic (exact) mass is 299 g/mol. The molecule has 0 saturated carbocycles. The van der Waals surface area contributed by atoms with Crippen LogP contribution in [-0.4, -0.2) is 32.0 Å². The van der Waals surface area contributed by atoms with Gasteiger partial charge in [0.15, 0.2) is 0 Å². The zero-order chi connectivity index (χ0) is 15.9. The Kier molecular flexibility index (Phi) is 5.49. The Morgan fingerprint density at radius 2 is 1.82 bits per heavy atom. The van der Waals surface area contributed by atoms with Gasteiger partial charge in [-0.05, 0) is 18.5 Å². The van der Waals surface area contributed by atoms with E-state index in [1.54, 1.807) is 7.05 Å². The lowest BCUT2D eigenvalue weighted by molar-refractivity contribution is -0.126. The summed E-state index contributed by atoms with van der Waals surface area (Å²) in [5.74, 6) is -0.542. The third kappa shape index (κ3) is 4.05. The second-order valence-corrected chi connectivity index (χ2v) is 5.25. The number of carbonyl (C=O) groups is 2. The van der Waals surface area contributed by atoms with Crippen molar-refractivity contribution in [3.63, 3.8) is 0 Å². The third-order valence-electron chi connectivity index (χ3n) is 3.44. The number of hydrogen-bond donors (Lipinski definition) is 3. The molecule has 3 N–H and O–H groups in total. The molecule has 0 radical (unpaired) electrons. The Morgan fingerprint density at radius 1 is 1.09 bits per heavy atom. The van der Waals surface area contributed by atoms with Crippen LogP contribution >= 0.6 is 0 Å². The first-order chi connectivity index (χ1) is 10.6. The Morgan fingerprint density at radius 3 is 2.59 bits per heavy atom. The summed E-state index contributed by atoms with van der Waals surface area (Å²) in [6.07, 6.45) is 0. The van der Waals surface area contributed by atoms with Crippen LogP contribution in [-0.2, 0) is 9.59 Å². The number of rotatable bonds is 6. The number of benzene rings is 2. The van der Waals surface area contributed by atoms with Crippen LogP contribution in [0.15, 0.2) is 42.5 Å². The zero-order valence-electron chi connectivity index (χ0n) is 12.8. The molecule has 2 rings (SSSR count). The summed E-state index contributed by atoms with van der Waals surface area (Å²) < 4.78 is 0. The van der Waals surface area contributed by atoms with Gasteiger partial charge in [0, 0.05) is 23.5 Å². The molecule has 22 heavy (non-hydrogen) atoms. The van der Waals surface area contributed by atoms with Gasteiger partial charge in [-0.25, -0.2) is 0 Å². The fraction of sp³-hybridized carbons (Fsp3) is 0.294. The molecule has 0 fully saturated rings. The first-order valence-electron chi connectivity index (χ1n) is 7.31. The Balaban J connectivity index is 1.95. The fourth-order valence-electron chi connectivity index (χ4n) is 2.27. The van der Waals surface area contributed by atoms with Crippen LogP contribution in [0.25, 0.3) is 10.8 Å². The lowest BCUT2D eigenvalue weighted by Crippen LogP contribution is -2.38. The van der Waals surface area contributed by atoms with Crippen LogP contribution in [0.3, 0.4) is 0 Å². The normalized spacial score (nSPS) is 11.9. The van der Waals surface area contributed by atoms with Crippen LogP contribution in [0.2, 0.25) is 0 Å². The molecule has 0 aliphatic heterocycles. The molecule has 2 amide bonds. The van der Waals surface area contributed by atoms with Crippen LogP contribution in [0.5, 0.6) is 0 Å². The number of anilines is 1. The minimum atomic E-state index is -0.235. The molecule has 0 heterocycles. The van der Waals surface area contributed by atoms with Crippen molar-refractivity contribution in [2.24, 2.45) is 5.92 Å². The first kappa shape index (κ1) is 16.0. The van der Waals surface area contributed by atoms with E-state index in [9.17, 15) is 9.59 Å². The Bertz CT molecular complexity index is 665. The van der Waals surface area contributed by atoms with Gasteiger partial charge in [0.2, 0.25) is 11.8 Å². The second-order valence-electron chi connectivity index (χ2n) is 5.25. The number of hydrogen-bond acceptors (Lipinski definition) is 3. The van der Waals surface area contributed by atoms with Crippen molar-refractivity contribution in [1.29, 1.82) is 0 Å². The smallest absolute Gasteiger partial charge is 0.243 e. The van der Waals surface area contributed by atoms with Crippen LogP contribution < -0.4 is 16.0 Å². The molecule has 0 spiro atoms. The second kappa shape index (κ2) is 7.56. The maximum absolute atomic E-state index is 12.0. The SMILES string of the molecule is CNCC(C)C(=O)NCC(=O)Nc1cccc2ccccc12. The molecule has 2 aromatic carbocycles. The first-order valence-corrected chi connectivity index (χ1v) is 7.31. The quantitative estimate of drug-likeness (QED) is 0.761. The highest BCUT2D eigenvalue weighted by atomic mass is 16.2. The van der Waals surface area contributed by atoms with Crippen molar-refractivity contribution < 1.29 is 9.59 Å². The summed E-state index contributed by atoms with van der Waals surface area (Å²) in [5.41, 5.74) is 0.751. The highest BCUT2D eigenvalue weighted by molar-refractivity contribution is 6.03. The summed E-state index contributed by atoms with van der Waals surface area (Å²) in [6, 6.07) is 13.6. The van der Waals surface area contributed by atoms with Crippen molar-refractivity contribution >= 4 is 28.3 Å². The van der Waals surface area contributed by atoms with Crippen molar-refractivity contribution in [2.45, 2.75) is 6.92 Å². The van der Waals surface area contributed by atoms with E-state index in [1.165, 1.54) is 0 Å². The predicted octanol–water partition coefficient (Wildman–Crippen LogP) is 1.75. The molecule has 1 atom stereocenters. The number of nitrogens with one attached hydrogen (secondary N) is 3. The minimum absolute atomic E-state index is 0.0316. The molecule has 0 saturated heterocycles. The van der Waals surface area contributed by atoms with E-state index in [-0.39, 0.29) is 24.3 Å². The van der Waals surface area contributed by atoms with Crippen LogP contribution in [0, 0.1) is 5.92 Å². The van der Waals surface area contributed by atoms with Gasteiger partial charge in [-0.15, -0.1) is 0 Å². The van der Waals surface area contributed by atoms with Crippen molar-refractivity contribution in [2.75, 3.05) is 25.5 Å². The Labute approximate surface area is 130 Å². The molecule has 0 bridgehead atoms. The highest BCUT2D eigenvalue weighted by Crippen LogP contribution is 2.22. The van der Waals surface area contributed by atoms with Gasteiger partial charge in [-0.1, -0.05) is 43.3 Å².